The number of nitrogens with one attached hydrogen (secondary N) is 1. The van der Waals surface area contributed by atoms with Crippen molar-refractivity contribution in [1.29, 1.82) is 0 Å². The molecular weight excluding hydrogens is 296 g/mol. The third-order valence-electron chi connectivity index (χ3n) is 2.59. The number of nitrogens with zero attached hydrogens (tertiary/aromatic N) is 1. The Bertz CT molecular complexity index is 499. The van der Waals surface area contributed by atoms with Crippen molar-refractivity contribution in [3.63, 3.8) is 0 Å². The average Bonchev–Trinajstić information content (AvgIpc) is 2.60. The van der Waals surface area contributed by atoms with Crippen LogP contribution in [0.4, 0.5) is 0 Å². The Kier molecular flexibility index (Phi) is 3.77. The highest BCUT2D eigenvalue weighted by molar-refractivity contribution is 9.06. The van der Waals surface area contributed by atoms with Gasteiger partial charge in [-0.05, 0) is 0 Å². The second-order valence-electron chi connectivity index (χ2n) is 3.73. The van der Waals surface area contributed by atoms with Gasteiger partial charge in [0.1, 0.15) is 12.3 Å². The molecule has 1 aliphatic rings. The zero-order valence-electron chi connectivity index (χ0n) is 8.71. The number of ether oxygens (including phenoxy) is 1. The predicted octanol–water partition coefficient (Wildman–Crippen LogP) is -0.489. The molecule has 1 aromatic rings. The number of aliphatic hydroxyl groups is 1. The number of aromatic amines is 1. The summed E-state index contributed by atoms with van der Waals surface area (Å²) in [6, 6.07) is 1.23. The highest BCUT2D eigenvalue weighted by Crippen LogP contribution is 2.27. The van der Waals surface area contributed by atoms with Crippen molar-refractivity contribution in [2.24, 2.45) is 0 Å². The van der Waals surface area contributed by atoms with E-state index >= 15 is 0 Å². The molecule has 17 heavy (non-hydrogen) atoms. The van der Waals surface area contributed by atoms with E-state index in [4.69, 9.17) is 8.57 Å². The van der Waals surface area contributed by atoms with Gasteiger partial charge in [-0.2, -0.15) is 0 Å². The first-order valence-corrected chi connectivity index (χ1v) is 5.65. The number of hydrogen-bond donors (Lipinski definition) is 2. The van der Waals surface area contributed by atoms with Gasteiger partial charge in [0.15, 0.2) is 0 Å². The summed E-state index contributed by atoms with van der Waals surface area (Å²) < 4.78 is 11.4. The lowest BCUT2D eigenvalue weighted by molar-refractivity contribution is -0.0366. The minimum absolute atomic E-state index is 0.176. The van der Waals surface area contributed by atoms with Gasteiger partial charge in [0.05, 0.1) is 29.0 Å². The second kappa shape index (κ2) is 5.13. The van der Waals surface area contributed by atoms with E-state index in [2.05, 4.69) is 21.2 Å². The number of aliphatic hydroxyl groups excluding tert-OH is 1. The lowest BCUT2D eigenvalue weighted by atomic mass is 10.2. The topological polar surface area (TPSA) is 93.6 Å². The summed E-state index contributed by atoms with van der Waals surface area (Å²) in [4.78, 5) is 24.5. The minimum Gasteiger partial charge on any atom is -0.390 e. The van der Waals surface area contributed by atoms with Crippen LogP contribution in [0.2, 0.25) is 0 Å². The third kappa shape index (κ3) is 2.65. The van der Waals surface area contributed by atoms with Crippen LogP contribution in [0.5, 0.6) is 0 Å². The molecule has 1 fully saturated rings. The molecule has 1 aromatic heterocycles. The van der Waals surface area contributed by atoms with E-state index in [1.165, 1.54) is 16.8 Å². The van der Waals surface area contributed by atoms with E-state index in [1.54, 1.807) is 0 Å². The van der Waals surface area contributed by atoms with E-state index in [0.717, 1.165) is 0 Å². The molecule has 0 aromatic carbocycles. The molecule has 0 aliphatic carbocycles. The molecule has 2 rings (SSSR count). The van der Waals surface area contributed by atoms with Crippen LogP contribution in [-0.2, 0) is 8.57 Å². The van der Waals surface area contributed by atoms with Gasteiger partial charge in [-0.15, -0.1) is 0 Å². The van der Waals surface area contributed by atoms with Gasteiger partial charge in [0.25, 0.3) is 5.56 Å². The summed E-state index contributed by atoms with van der Waals surface area (Å²) in [6.07, 6.45) is -0.195. The molecule has 0 amide bonds. The standard InChI is InChI=1S/C9H11BrN2O5/c10-16-4-6-5(13)3-8(17-6)12-2-1-7(14)11-9(12)15/h1-2,5-6,8,13H,3-4H2,(H,11,14,15)/t5-,6+,8+/m0/s1. The Morgan fingerprint density at radius 2 is 2.41 bits per heavy atom. The molecule has 0 spiro atoms. The van der Waals surface area contributed by atoms with Crippen LogP contribution in [0.1, 0.15) is 12.6 Å². The predicted molar refractivity (Wildman–Crippen MR) is 60.7 cm³/mol. The van der Waals surface area contributed by atoms with Gasteiger partial charge < -0.3 is 13.7 Å². The maximum absolute atomic E-state index is 11.5. The van der Waals surface area contributed by atoms with Crippen LogP contribution >= 0.6 is 16.3 Å². The lowest BCUT2D eigenvalue weighted by Gasteiger charge is -2.14. The molecule has 1 saturated heterocycles. The monoisotopic (exact) mass is 306 g/mol. The van der Waals surface area contributed by atoms with Crippen LogP contribution in [0, 0.1) is 0 Å². The minimum atomic E-state index is -0.712. The third-order valence-corrected chi connectivity index (χ3v) is 2.86. The van der Waals surface area contributed by atoms with Crippen molar-refractivity contribution in [3.05, 3.63) is 33.1 Å². The molecule has 0 unspecified atom stereocenters. The summed E-state index contributed by atoms with van der Waals surface area (Å²) in [5.74, 6) is 0. The highest BCUT2D eigenvalue weighted by Gasteiger charge is 2.35. The first-order valence-electron chi connectivity index (χ1n) is 5.00. The van der Waals surface area contributed by atoms with Crippen molar-refractivity contribution in [1.82, 2.24) is 9.55 Å². The first-order chi connectivity index (χ1) is 8.11. The van der Waals surface area contributed by atoms with Gasteiger partial charge in [0.2, 0.25) is 0 Å². The normalized spacial score (nSPS) is 28.5. The smallest absolute Gasteiger partial charge is 0.330 e. The van der Waals surface area contributed by atoms with E-state index in [1.807, 2.05) is 0 Å². The zero-order valence-corrected chi connectivity index (χ0v) is 10.3. The first kappa shape index (κ1) is 12.5. The Balaban J connectivity index is 2.19. The van der Waals surface area contributed by atoms with Gasteiger partial charge in [-0.3, -0.25) is 14.3 Å². The molecule has 2 heterocycles. The average molecular weight is 307 g/mol. The number of rotatable bonds is 3. The quantitative estimate of drug-likeness (QED) is 0.786. The van der Waals surface area contributed by atoms with Gasteiger partial charge in [-0.25, -0.2) is 4.79 Å². The van der Waals surface area contributed by atoms with Crippen molar-refractivity contribution in [3.8, 4) is 0 Å². The van der Waals surface area contributed by atoms with Crippen LogP contribution in [-0.4, -0.2) is 33.5 Å². The van der Waals surface area contributed by atoms with E-state index in [-0.39, 0.29) is 13.0 Å². The van der Waals surface area contributed by atoms with Crippen LogP contribution in [0.3, 0.4) is 0 Å². The SMILES string of the molecule is O=c1ccn([C@H]2C[C@H](O)[C@@H](COBr)O2)c(=O)[nH]1. The molecule has 3 atom stereocenters. The maximum Gasteiger partial charge on any atom is 0.330 e. The largest absolute Gasteiger partial charge is 0.390 e. The lowest BCUT2D eigenvalue weighted by Crippen LogP contribution is -2.31. The fourth-order valence-corrected chi connectivity index (χ4v) is 2.01. The summed E-state index contributed by atoms with van der Waals surface area (Å²) in [6.45, 7) is 0.176. The molecule has 0 radical (unpaired) electrons. The fourth-order valence-electron chi connectivity index (χ4n) is 1.75. The molecule has 2 N–H and O–H groups in total. The molecule has 0 saturated carbocycles. The van der Waals surface area contributed by atoms with E-state index in [0.29, 0.717) is 0 Å². The number of H-pyrrole nitrogens is 1. The summed E-state index contributed by atoms with van der Waals surface area (Å²) in [5, 5.41) is 9.68. The molecule has 94 valence electrons. The van der Waals surface area contributed by atoms with E-state index in [9.17, 15) is 14.7 Å². The van der Waals surface area contributed by atoms with Crippen LogP contribution in [0.25, 0.3) is 0 Å². The summed E-state index contributed by atoms with van der Waals surface area (Å²) in [7, 11) is 0. The van der Waals surface area contributed by atoms with Crippen molar-refractivity contribution < 1.29 is 13.7 Å². The van der Waals surface area contributed by atoms with E-state index < -0.39 is 29.7 Å². The molecule has 0 bridgehead atoms. The highest BCUT2D eigenvalue weighted by atomic mass is 79.9. The number of hydrogen-bond acceptors (Lipinski definition) is 5. The summed E-state index contributed by atoms with van der Waals surface area (Å²) >= 11 is 2.78. The van der Waals surface area contributed by atoms with Gasteiger partial charge in [0, 0.05) is 18.7 Å². The Morgan fingerprint density at radius 1 is 1.65 bits per heavy atom. The Labute approximate surface area is 104 Å². The van der Waals surface area contributed by atoms with Crippen molar-refractivity contribution >= 4 is 16.3 Å². The maximum atomic E-state index is 11.5. The Morgan fingerprint density at radius 3 is 3.06 bits per heavy atom. The molecule has 1 aliphatic heterocycles. The van der Waals surface area contributed by atoms with Crippen molar-refractivity contribution in [2.45, 2.75) is 24.9 Å². The van der Waals surface area contributed by atoms with Gasteiger partial charge in [-0.1, -0.05) is 0 Å². The number of aromatic nitrogens is 2. The molecule has 7 nitrogen and oxygen atoms in total. The fraction of sp³-hybridized carbons (Fsp3) is 0.556. The van der Waals surface area contributed by atoms with Crippen LogP contribution in [0.15, 0.2) is 21.9 Å². The van der Waals surface area contributed by atoms with Crippen molar-refractivity contribution in [2.75, 3.05) is 6.61 Å². The Hall–Kier alpha value is -0.960. The number of halogens is 1. The zero-order chi connectivity index (χ0) is 12.4. The molecular formula is C9H11BrN2O5. The molecule has 8 heteroatoms. The van der Waals surface area contributed by atoms with Crippen LogP contribution < -0.4 is 11.2 Å². The summed E-state index contributed by atoms with van der Waals surface area (Å²) in [5.41, 5.74) is -1.03. The second-order valence-corrected chi connectivity index (χ2v) is 4.18. The van der Waals surface area contributed by atoms with Gasteiger partial charge >= 0.3 is 5.69 Å².